The maximum atomic E-state index is 11.4. The fourth-order valence-corrected chi connectivity index (χ4v) is 2.77. The van der Waals surface area contributed by atoms with Crippen LogP contribution >= 0.6 is 11.3 Å². The fourth-order valence-electron chi connectivity index (χ4n) is 1.77. The number of nitrogens with two attached hydrogens (primary N) is 3. The number of hydrogen-bond donors (Lipinski definition) is 4. The molecule has 7 N–H and O–H groups in total. The van der Waals surface area contributed by atoms with Crippen LogP contribution in [0.5, 0.6) is 0 Å². The molecule has 0 saturated heterocycles. The summed E-state index contributed by atoms with van der Waals surface area (Å²) in [6, 6.07) is 0. The van der Waals surface area contributed by atoms with E-state index in [1.807, 2.05) is 0 Å². The Kier molecular flexibility index (Phi) is 4.46. The van der Waals surface area contributed by atoms with Crippen molar-refractivity contribution in [1.82, 2.24) is 0 Å². The summed E-state index contributed by atoms with van der Waals surface area (Å²) in [6.07, 6.45) is 2.48. The number of anilines is 2. The molecule has 1 saturated carbocycles. The minimum Gasteiger partial charge on any atom is -0.397 e. The number of carbonyl (C=O) groups is 2. The molecule has 0 radical (unpaired) electrons. The summed E-state index contributed by atoms with van der Waals surface area (Å²) < 4.78 is 5.47. The maximum Gasteiger partial charge on any atom is 0.260 e. The molecule has 20 heavy (non-hydrogen) atoms. The van der Waals surface area contributed by atoms with Crippen LogP contribution in [0.25, 0.3) is 0 Å². The van der Waals surface area contributed by atoms with E-state index in [0.717, 1.165) is 17.9 Å². The zero-order chi connectivity index (χ0) is 14.7. The number of nitrogens with one attached hydrogen (secondary N) is 1. The number of nitrogen functional groups attached to an aromatic ring is 1. The molecule has 0 atom stereocenters. The van der Waals surface area contributed by atoms with Crippen LogP contribution in [-0.2, 0) is 4.74 Å². The van der Waals surface area contributed by atoms with Crippen molar-refractivity contribution in [2.75, 3.05) is 30.8 Å². The van der Waals surface area contributed by atoms with Gasteiger partial charge in [0.1, 0.15) is 9.88 Å². The number of amides is 2. The van der Waals surface area contributed by atoms with Crippen molar-refractivity contribution in [3.63, 3.8) is 0 Å². The van der Waals surface area contributed by atoms with Crippen molar-refractivity contribution in [3.05, 3.63) is 10.4 Å². The van der Waals surface area contributed by atoms with Crippen molar-refractivity contribution in [2.45, 2.75) is 12.8 Å². The van der Waals surface area contributed by atoms with Gasteiger partial charge in [0.15, 0.2) is 0 Å². The predicted molar refractivity (Wildman–Crippen MR) is 77.8 cm³/mol. The summed E-state index contributed by atoms with van der Waals surface area (Å²) in [4.78, 5) is 22.7. The van der Waals surface area contributed by atoms with E-state index in [1.54, 1.807) is 0 Å². The molecule has 0 spiro atoms. The average Bonchev–Trinajstić information content (AvgIpc) is 3.11. The van der Waals surface area contributed by atoms with Crippen molar-refractivity contribution in [2.24, 2.45) is 17.4 Å². The van der Waals surface area contributed by atoms with Gasteiger partial charge in [0, 0.05) is 13.2 Å². The number of hydrogen-bond acceptors (Lipinski definition) is 6. The summed E-state index contributed by atoms with van der Waals surface area (Å²) in [5, 5.41) is 3.47. The van der Waals surface area contributed by atoms with Crippen LogP contribution < -0.4 is 22.5 Å². The number of primary amides is 2. The first-order valence-corrected chi connectivity index (χ1v) is 7.15. The topological polar surface area (TPSA) is 133 Å². The summed E-state index contributed by atoms with van der Waals surface area (Å²) in [6.45, 7) is 1.78. The van der Waals surface area contributed by atoms with Crippen LogP contribution in [0.2, 0.25) is 0 Å². The molecular formula is C12H18N4O3S. The average molecular weight is 298 g/mol. The van der Waals surface area contributed by atoms with Crippen molar-refractivity contribution >= 4 is 33.8 Å². The van der Waals surface area contributed by atoms with Crippen LogP contribution in [0, 0.1) is 5.92 Å². The van der Waals surface area contributed by atoms with Gasteiger partial charge < -0.3 is 27.3 Å². The van der Waals surface area contributed by atoms with Crippen molar-refractivity contribution in [3.8, 4) is 0 Å². The molecule has 2 rings (SSSR count). The Balaban J connectivity index is 1.96. The molecule has 1 heterocycles. The van der Waals surface area contributed by atoms with E-state index in [-0.39, 0.29) is 16.1 Å². The van der Waals surface area contributed by atoms with Gasteiger partial charge in [-0.25, -0.2) is 0 Å². The molecule has 0 unspecified atom stereocenters. The van der Waals surface area contributed by atoms with Gasteiger partial charge in [0.2, 0.25) is 0 Å². The minimum atomic E-state index is -0.687. The number of rotatable bonds is 8. The van der Waals surface area contributed by atoms with Gasteiger partial charge in [-0.15, -0.1) is 11.3 Å². The normalized spacial score (nSPS) is 14.2. The second-order valence-corrected chi connectivity index (χ2v) is 5.74. The zero-order valence-corrected chi connectivity index (χ0v) is 11.8. The lowest BCUT2D eigenvalue weighted by Crippen LogP contribution is -2.17. The molecule has 110 valence electrons. The molecule has 2 amide bonds. The fraction of sp³-hybridized carbons (Fsp3) is 0.500. The van der Waals surface area contributed by atoms with E-state index in [4.69, 9.17) is 21.9 Å². The summed E-state index contributed by atoms with van der Waals surface area (Å²) in [5.74, 6) is -0.657. The third kappa shape index (κ3) is 3.40. The number of thiophene rings is 1. The highest BCUT2D eigenvalue weighted by Gasteiger charge is 2.23. The quantitative estimate of drug-likeness (QED) is 0.514. The van der Waals surface area contributed by atoms with Gasteiger partial charge in [-0.2, -0.15) is 0 Å². The largest absolute Gasteiger partial charge is 0.397 e. The predicted octanol–water partition coefficient (Wildman–Crippen LogP) is 0.367. The van der Waals surface area contributed by atoms with Gasteiger partial charge in [-0.3, -0.25) is 9.59 Å². The molecule has 1 aliphatic carbocycles. The van der Waals surface area contributed by atoms with E-state index in [0.29, 0.717) is 24.1 Å². The minimum absolute atomic E-state index is 0.0383. The molecule has 0 bridgehead atoms. The Labute approximate surface area is 120 Å². The third-order valence-electron chi connectivity index (χ3n) is 3.00. The van der Waals surface area contributed by atoms with Gasteiger partial charge in [-0.05, 0) is 18.8 Å². The highest BCUT2D eigenvalue weighted by molar-refractivity contribution is 7.19. The van der Waals surface area contributed by atoms with Crippen LogP contribution in [0.1, 0.15) is 32.9 Å². The van der Waals surface area contributed by atoms with Gasteiger partial charge in [0.25, 0.3) is 11.8 Å². The lowest BCUT2D eigenvalue weighted by atomic mass is 10.2. The Hall–Kier alpha value is -1.80. The molecule has 0 aromatic carbocycles. The second-order valence-electron chi connectivity index (χ2n) is 4.72. The lowest BCUT2D eigenvalue weighted by Gasteiger charge is -2.06. The Morgan fingerprint density at radius 1 is 1.30 bits per heavy atom. The summed E-state index contributed by atoms with van der Waals surface area (Å²) in [7, 11) is 0. The number of ether oxygens (including phenoxy) is 1. The van der Waals surface area contributed by atoms with Gasteiger partial charge in [-0.1, -0.05) is 0 Å². The Bertz CT molecular complexity index is 525. The second kappa shape index (κ2) is 6.10. The lowest BCUT2D eigenvalue weighted by molar-refractivity contribution is 0.0999. The van der Waals surface area contributed by atoms with E-state index in [9.17, 15) is 9.59 Å². The molecule has 7 nitrogen and oxygen atoms in total. The molecule has 8 heteroatoms. The van der Waals surface area contributed by atoms with Crippen molar-refractivity contribution in [1.29, 1.82) is 0 Å². The first kappa shape index (κ1) is 14.6. The third-order valence-corrected chi connectivity index (χ3v) is 4.18. The first-order chi connectivity index (χ1) is 9.50. The van der Waals surface area contributed by atoms with Crippen molar-refractivity contribution < 1.29 is 14.3 Å². The van der Waals surface area contributed by atoms with Crippen LogP contribution in [0.4, 0.5) is 10.7 Å². The number of carbonyl (C=O) groups excluding carboxylic acids is 2. The van der Waals surface area contributed by atoms with Crippen LogP contribution in [0.3, 0.4) is 0 Å². The monoisotopic (exact) mass is 298 g/mol. The van der Waals surface area contributed by atoms with Crippen LogP contribution in [-0.4, -0.2) is 31.6 Å². The molecule has 0 aliphatic heterocycles. The molecular weight excluding hydrogens is 280 g/mol. The molecule has 1 aromatic heterocycles. The molecule has 1 aliphatic rings. The first-order valence-electron chi connectivity index (χ1n) is 6.34. The maximum absolute atomic E-state index is 11.4. The Morgan fingerprint density at radius 3 is 2.55 bits per heavy atom. The summed E-state index contributed by atoms with van der Waals surface area (Å²) in [5.41, 5.74) is 16.3. The van der Waals surface area contributed by atoms with Crippen LogP contribution in [0.15, 0.2) is 0 Å². The standard InChI is InChI=1S/C12H18N4O3S/c13-8-7(10(14)17)12(20-9(8)11(15)18)16-3-4-19-5-6-1-2-6/h6,16H,1-5,13H2,(H2,14,17)(H2,15,18). The highest BCUT2D eigenvalue weighted by Crippen LogP contribution is 2.35. The van der Waals surface area contributed by atoms with Gasteiger partial charge >= 0.3 is 0 Å². The Morgan fingerprint density at radius 2 is 2.00 bits per heavy atom. The highest BCUT2D eigenvalue weighted by atomic mass is 32.1. The van der Waals surface area contributed by atoms with E-state index < -0.39 is 11.8 Å². The van der Waals surface area contributed by atoms with E-state index >= 15 is 0 Å². The van der Waals surface area contributed by atoms with E-state index in [1.165, 1.54) is 12.8 Å². The van der Waals surface area contributed by atoms with E-state index in [2.05, 4.69) is 5.32 Å². The summed E-state index contributed by atoms with van der Waals surface area (Å²) >= 11 is 1.03. The SMILES string of the molecule is NC(=O)c1sc(NCCOCC2CC2)c(C(N)=O)c1N. The zero-order valence-electron chi connectivity index (χ0n) is 11.0. The smallest absolute Gasteiger partial charge is 0.260 e. The van der Waals surface area contributed by atoms with Gasteiger partial charge in [0.05, 0.1) is 17.9 Å². The molecule has 1 aromatic rings. The molecule has 1 fully saturated rings.